The number of hydrogen-bond donors (Lipinski definition) is 2. The van der Waals surface area contributed by atoms with Crippen molar-refractivity contribution in [1.29, 1.82) is 0 Å². The summed E-state index contributed by atoms with van der Waals surface area (Å²) in [6.45, 7) is 0. The molecule has 1 aromatic carbocycles. The second kappa shape index (κ2) is 6.89. The second-order valence-corrected chi connectivity index (χ2v) is 7.48. The van der Waals surface area contributed by atoms with E-state index < -0.39 is 15.8 Å². The summed E-state index contributed by atoms with van der Waals surface area (Å²) in [5.74, 6) is -0.924. The van der Waals surface area contributed by atoms with Gasteiger partial charge in [0.1, 0.15) is 5.82 Å². The summed E-state index contributed by atoms with van der Waals surface area (Å²) in [6, 6.07) is 7.60. The number of anilines is 2. The Morgan fingerprint density at radius 3 is 2.73 bits per heavy atom. The summed E-state index contributed by atoms with van der Waals surface area (Å²) in [7, 11) is -3.59. The first kappa shape index (κ1) is 16.4. The summed E-state index contributed by atoms with van der Waals surface area (Å²) in [5.41, 5.74) is 0.141. The highest BCUT2D eigenvalue weighted by atomic mass is 32.2. The quantitative estimate of drug-likeness (QED) is 0.847. The average molecular weight is 342 g/mol. The molecule has 0 aliphatic heterocycles. The maximum absolute atomic E-state index is 13.5. The van der Waals surface area contributed by atoms with Gasteiger partial charge in [0.2, 0.25) is 15.9 Å². The zero-order valence-electron chi connectivity index (χ0n) is 11.8. The summed E-state index contributed by atoms with van der Waals surface area (Å²) < 4.78 is 37.9. The van der Waals surface area contributed by atoms with E-state index in [-0.39, 0.29) is 11.6 Å². The lowest BCUT2D eigenvalue weighted by molar-refractivity contribution is -0.116. The Labute approximate surface area is 132 Å². The van der Waals surface area contributed by atoms with Crippen molar-refractivity contribution in [1.82, 2.24) is 0 Å². The molecule has 22 heavy (non-hydrogen) atoms. The Hall–Kier alpha value is -1.93. The largest absolute Gasteiger partial charge is 0.326 e. The van der Waals surface area contributed by atoms with E-state index in [0.717, 1.165) is 17.2 Å². The molecular formula is C14H15FN2O3S2. The molecule has 2 rings (SSSR count). The van der Waals surface area contributed by atoms with Crippen LogP contribution in [0.4, 0.5) is 15.8 Å². The molecule has 0 unspecified atom stereocenters. The molecule has 0 fully saturated rings. The summed E-state index contributed by atoms with van der Waals surface area (Å²) in [6.07, 6.45) is 1.85. The molecule has 2 N–H and O–H groups in total. The number of rotatable bonds is 6. The number of hydrogen-bond acceptors (Lipinski definition) is 4. The molecule has 2 aromatic rings. The van der Waals surface area contributed by atoms with Crippen molar-refractivity contribution in [3.05, 3.63) is 46.4 Å². The molecule has 1 amide bonds. The van der Waals surface area contributed by atoms with E-state index in [1.165, 1.54) is 12.1 Å². The van der Waals surface area contributed by atoms with Crippen molar-refractivity contribution in [2.45, 2.75) is 12.8 Å². The molecule has 5 nitrogen and oxygen atoms in total. The third-order valence-electron chi connectivity index (χ3n) is 2.72. The third-order valence-corrected chi connectivity index (χ3v) is 4.25. The first-order chi connectivity index (χ1) is 10.3. The number of thiophene rings is 1. The highest BCUT2D eigenvalue weighted by Gasteiger charge is 2.10. The van der Waals surface area contributed by atoms with Crippen LogP contribution in [0.15, 0.2) is 35.7 Å². The molecule has 0 radical (unpaired) electrons. The fourth-order valence-electron chi connectivity index (χ4n) is 1.80. The van der Waals surface area contributed by atoms with Crippen molar-refractivity contribution < 1.29 is 17.6 Å². The highest BCUT2D eigenvalue weighted by molar-refractivity contribution is 7.92. The molecule has 118 valence electrons. The Kier molecular flexibility index (Phi) is 5.15. The first-order valence-corrected chi connectivity index (χ1v) is 9.20. The molecular weight excluding hydrogens is 327 g/mol. The van der Waals surface area contributed by atoms with Gasteiger partial charge in [-0.3, -0.25) is 9.52 Å². The fraction of sp³-hybridized carbons (Fsp3) is 0.214. The molecule has 0 spiro atoms. The van der Waals surface area contributed by atoms with Crippen LogP contribution in [0.2, 0.25) is 0 Å². The van der Waals surface area contributed by atoms with E-state index in [0.29, 0.717) is 18.5 Å². The van der Waals surface area contributed by atoms with Gasteiger partial charge in [0.05, 0.1) is 11.9 Å². The molecule has 0 saturated heterocycles. The SMILES string of the molecule is CS(=O)(=O)Nc1cc(NC(=O)CCc2cccs2)ccc1F. The molecule has 1 heterocycles. The number of halogens is 1. The maximum Gasteiger partial charge on any atom is 0.229 e. The molecule has 0 aliphatic rings. The van der Waals surface area contributed by atoms with E-state index in [9.17, 15) is 17.6 Å². The molecule has 0 atom stereocenters. The number of sulfonamides is 1. The Morgan fingerprint density at radius 1 is 1.32 bits per heavy atom. The molecule has 8 heteroatoms. The zero-order chi connectivity index (χ0) is 16.2. The molecule has 0 aliphatic carbocycles. The van der Waals surface area contributed by atoms with Crippen LogP contribution in [0.25, 0.3) is 0 Å². The van der Waals surface area contributed by atoms with Crippen LogP contribution in [0.5, 0.6) is 0 Å². The normalized spacial score (nSPS) is 11.2. The lowest BCUT2D eigenvalue weighted by atomic mass is 10.2. The van der Waals surface area contributed by atoms with Crippen molar-refractivity contribution in [2.75, 3.05) is 16.3 Å². The van der Waals surface area contributed by atoms with E-state index in [1.807, 2.05) is 17.5 Å². The van der Waals surface area contributed by atoms with Crippen molar-refractivity contribution in [3.8, 4) is 0 Å². The monoisotopic (exact) mass is 342 g/mol. The maximum atomic E-state index is 13.5. The van der Waals surface area contributed by atoms with Gasteiger partial charge in [-0.15, -0.1) is 11.3 Å². The van der Waals surface area contributed by atoms with Crippen molar-refractivity contribution in [3.63, 3.8) is 0 Å². The Bertz CT molecular complexity index is 758. The predicted octanol–water partition coefficient (Wildman–Crippen LogP) is 2.83. The number of benzene rings is 1. The van der Waals surface area contributed by atoms with Crippen LogP contribution in [-0.4, -0.2) is 20.6 Å². The zero-order valence-corrected chi connectivity index (χ0v) is 13.4. The molecule has 0 bridgehead atoms. The number of amides is 1. The van der Waals surface area contributed by atoms with E-state index in [2.05, 4.69) is 10.0 Å². The van der Waals surface area contributed by atoms with E-state index >= 15 is 0 Å². The second-order valence-electron chi connectivity index (χ2n) is 4.70. The summed E-state index contributed by atoms with van der Waals surface area (Å²) >= 11 is 1.58. The van der Waals surface area contributed by atoms with Gasteiger partial charge in [0.15, 0.2) is 0 Å². The third kappa shape index (κ3) is 5.12. The highest BCUT2D eigenvalue weighted by Crippen LogP contribution is 2.21. The Morgan fingerprint density at radius 2 is 2.09 bits per heavy atom. The smallest absolute Gasteiger partial charge is 0.229 e. The van der Waals surface area contributed by atoms with Crippen LogP contribution in [-0.2, 0) is 21.2 Å². The predicted molar refractivity (Wildman–Crippen MR) is 86.1 cm³/mol. The van der Waals surface area contributed by atoms with E-state index in [4.69, 9.17) is 0 Å². The summed E-state index contributed by atoms with van der Waals surface area (Å²) in [4.78, 5) is 13.0. The van der Waals surface area contributed by atoms with Crippen molar-refractivity contribution >= 4 is 38.6 Å². The van der Waals surface area contributed by atoms with Gasteiger partial charge in [0.25, 0.3) is 0 Å². The van der Waals surface area contributed by atoms with Crippen LogP contribution in [0.1, 0.15) is 11.3 Å². The number of carbonyl (C=O) groups is 1. The molecule has 0 saturated carbocycles. The lowest BCUT2D eigenvalue weighted by Crippen LogP contribution is -2.14. The minimum Gasteiger partial charge on any atom is -0.326 e. The van der Waals surface area contributed by atoms with Crippen molar-refractivity contribution in [2.24, 2.45) is 0 Å². The van der Waals surface area contributed by atoms with Crippen LogP contribution in [0.3, 0.4) is 0 Å². The number of carbonyl (C=O) groups excluding carboxylic acids is 1. The minimum absolute atomic E-state index is 0.196. The van der Waals surface area contributed by atoms with Crippen LogP contribution in [0, 0.1) is 5.82 Å². The Balaban J connectivity index is 2.00. The van der Waals surface area contributed by atoms with Crippen LogP contribution >= 0.6 is 11.3 Å². The number of nitrogens with one attached hydrogen (secondary N) is 2. The van der Waals surface area contributed by atoms with Gasteiger partial charge in [-0.2, -0.15) is 0 Å². The minimum atomic E-state index is -3.59. The van der Waals surface area contributed by atoms with Gasteiger partial charge in [-0.1, -0.05) is 6.07 Å². The van der Waals surface area contributed by atoms with Gasteiger partial charge < -0.3 is 5.32 Å². The number of aryl methyl sites for hydroxylation is 1. The first-order valence-electron chi connectivity index (χ1n) is 6.43. The van der Waals surface area contributed by atoms with Gasteiger partial charge in [-0.25, -0.2) is 12.8 Å². The fourth-order valence-corrected chi connectivity index (χ4v) is 3.06. The topological polar surface area (TPSA) is 75.3 Å². The van der Waals surface area contributed by atoms with Crippen LogP contribution < -0.4 is 10.0 Å². The lowest BCUT2D eigenvalue weighted by Gasteiger charge is -2.09. The molecule has 1 aromatic heterocycles. The van der Waals surface area contributed by atoms with E-state index in [1.54, 1.807) is 11.3 Å². The van der Waals surface area contributed by atoms with Gasteiger partial charge in [-0.05, 0) is 36.1 Å². The van der Waals surface area contributed by atoms with Gasteiger partial charge >= 0.3 is 0 Å². The van der Waals surface area contributed by atoms with Gasteiger partial charge in [0, 0.05) is 17.0 Å². The summed E-state index contributed by atoms with van der Waals surface area (Å²) in [5, 5.41) is 4.56. The standard InChI is InChI=1S/C14H15FN2O3S2/c1-22(19,20)17-13-9-10(4-6-12(13)15)16-14(18)7-5-11-3-2-8-21-11/h2-4,6,8-9,17H,5,7H2,1H3,(H,16,18). The average Bonchev–Trinajstić information content (AvgIpc) is 2.92.